The van der Waals surface area contributed by atoms with Gasteiger partial charge in [-0.1, -0.05) is 0 Å². The Hall–Kier alpha value is -3.61. The molecule has 2 atom stereocenters. The first-order valence-electron chi connectivity index (χ1n) is 14.5. The molecule has 0 spiro atoms. The van der Waals surface area contributed by atoms with Crippen molar-refractivity contribution in [2.75, 3.05) is 37.7 Å². The first-order valence-corrected chi connectivity index (χ1v) is 14.5. The molecule has 242 valence electrons. The molecule has 0 aliphatic carbocycles. The van der Waals surface area contributed by atoms with Crippen LogP contribution in [0.25, 0.3) is 0 Å². The fourth-order valence-electron chi connectivity index (χ4n) is 5.32. The van der Waals surface area contributed by atoms with Gasteiger partial charge in [-0.25, -0.2) is 4.79 Å². The molecule has 2 aromatic carbocycles. The van der Waals surface area contributed by atoms with Gasteiger partial charge in [0, 0.05) is 37.3 Å². The predicted molar refractivity (Wildman–Crippen MR) is 153 cm³/mol. The Kier molecular flexibility index (Phi) is 10.6. The number of piperidine rings is 1. The standard InChI is InChI=1S/C31H38F5N3O5/c1-30(2,3)44-29(41)38-14-12-20(13-15-38)17-37-27(40)21-4-8-23(9-5-21)39-18-26(16-24(39)19-42-28(32)33)43-25-10-6-22(7-11-25)31(34,35)36/h4-11,20,24,26,28H,12-19H2,1-3H3,(H,37,40)/t24-,26-/m0/s1. The molecule has 2 amide bonds. The Morgan fingerprint density at radius 1 is 0.977 bits per heavy atom. The summed E-state index contributed by atoms with van der Waals surface area (Å²) < 4.78 is 80.2. The van der Waals surface area contributed by atoms with Crippen molar-refractivity contribution in [2.45, 2.75) is 70.6 Å². The van der Waals surface area contributed by atoms with Crippen LogP contribution < -0.4 is 15.0 Å². The van der Waals surface area contributed by atoms with Gasteiger partial charge in [-0.05, 0) is 88.1 Å². The van der Waals surface area contributed by atoms with E-state index in [1.165, 1.54) is 12.1 Å². The van der Waals surface area contributed by atoms with Crippen molar-refractivity contribution in [3.8, 4) is 5.75 Å². The van der Waals surface area contributed by atoms with E-state index in [1.807, 2.05) is 25.7 Å². The number of carbonyl (C=O) groups excluding carboxylic acids is 2. The van der Waals surface area contributed by atoms with Crippen LogP contribution >= 0.6 is 0 Å². The van der Waals surface area contributed by atoms with Crippen LogP contribution in [0.4, 0.5) is 32.4 Å². The molecule has 0 saturated carbocycles. The third kappa shape index (κ3) is 9.44. The molecule has 13 heteroatoms. The van der Waals surface area contributed by atoms with E-state index in [0.29, 0.717) is 37.3 Å². The lowest BCUT2D eigenvalue weighted by atomic mass is 9.97. The molecule has 44 heavy (non-hydrogen) atoms. The molecule has 0 bridgehead atoms. The summed E-state index contributed by atoms with van der Waals surface area (Å²) in [5.74, 6) is 0.202. The number of halogens is 5. The number of benzene rings is 2. The van der Waals surface area contributed by atoms with Crippen LogP contribution in [-0.2, 0) is 15.7 Å². The van der Waals surface area contributed by atoms with Crippen LogP contribution in [0.5, 0.6) is 5.75 Å². The Morgan fingerprint density at radius 2 is 1.61 bits per heavy atom. The maximum absolute atomic E-state index is 12.9. The number of carbonyl (C=O) groups is 2. The van der Waals surface area contributed by atoms with E-state index in [0.717, 1.165) is 25.0 Å². The highest BCUT2D eigenvalue weighted by Crippen LogP contribution is 2.32. The summed E-state index contributed by atoms with van der Waals surface area (Å²) in [6, 6.07) is 10.5. The van der Waals surface area contributed by atoms with Gasteiger partial charge in [0.05, 0.1) is 24.8 Å². The van der Waals surface area contributed by atoms with Gasteiger partial charge >= 0.3 is 18.9 Å². The number of ether oxygens (including phenoxy) is 3. The van der Waals surface area contributed by atoms with E-state index >= 15 is 0 Å². The third-order valence-corrected chi connectivity index (χ3v) is 7.55. The maximum atomic E-state index is 12.9. The van der Waals surface area contributed by atoms with E-state index in [1.54, 1.807) is 29.2 Å². The van der Waals surface area contributed by atoms with Crippen LogP contribution in [0, 0.1) is 5.92 Å². The monoisotopic (exact) mass is 627 g/mol. The van der Waals surface area contributed by atoms with Gasteiger partial charge in [0.2, 0.25) is 0 Å². The lowest BCUT2D eigenvalue weighted by Crippen LogP contribution is -2.43. The molecule has 4 rings (SSSR count). The summed E-state index contributed by atoms with van der Waals surface area (Å²) in [6.07, 6.45) is -3.50. The van der Waals surface area contributed by atoms with Crippen molar-refractivity contribution in [3.63, 3.8) is 0 Å². The van der Waals surface area contributed by atoms with E-state index in [-0.39, 0.29) is 36.8 Å². The smallest absolute Gasteiger partial charge is 0.416 e. The molecule has 0 radical (unpaired) electrons. The Labute approximate surface area is 253 Å². The summed E-state index contributed by atoms with van der Waals surface area (Å²) >= 11 is 0. The average molecular weight is 628 g/mol. The van der Waals surface area contributed by atoms with E-state index in [9.17, 15) is 31.5 Å². The van der Waals surface area contributed by atoms with Gasteiger partial charge in [-0.3, -0.25) is 4.79 Å². The Balaban J connectivity index is 1.31. The molecule has 2 saturated heterocycles. The average Bonchev–Trinajstić information content (AvgIpc) is 3.36. The zero-order chi connectivity index (χ0) is 32.1. The summed E-state index contributed by atoms with van der Waals surface area (Å²) in [7, 11) is 0. The number of likely N-dealkylation sites (tertiary alicyclic amines) is 1. The Bertz CT molecular complexity index is 1240. The van der Waals surface area contributed by atoms with Gasteiger partial charge in [0.15, 0.2) is 0 Å². The van der Waals surface area contributed by atoms with Crippen LogP contribution in [-0.4, -0.2) is 74.0 Å². The highest BCUT2D eigenvalue weighted by molar-refractivity contribution is 5.94. The molecule has 0 aromatic heterocycles. The molecule has 2 aliphatic heterocycles. The highest BCUT2D eigenvalue weighted by atomic mass is 19.4. The molecule has 2 heterocycles. The van der Waals surface area contributed by atoms with Crippen LogP contribution in [0.2, 0.25) is 0 Å². The number of alkyl halides is 5. The maximum Gasteiger partial charge on any atom is 0.416 e. The molecular weight excluding hydrogens is 589 g/mol. The molecule has 8 nitrogen and oxygen atoms in total. The molecule has 2 aliphatic rings. The Morgan fingerprint density at radius 3 is 2.18 bits per heavy atom. The highest BCUT2D eigenvalue weighted by Gasteiger charge is 2.35. The van der Waals surface area contributed by atoms with Crippen LogP contribution in [0.1, 0.15) is 56.0 Å². The first kappa shape index (κ1) is 33.3. The summed E-state index contributed by atoms with van der Waals surface area (Å²) in [5.41, 5.74) is -0.263. The van der Waals surface area contributed by atoms with Crippen molar-refractivity contribution in [1.82, 2.24) is 10.2 Å². The third-order valence-electron chi connectivity index (χ3n) is 7.55. The SMILES string of the molecule is CC(C)(C)OC(=O)N1CCC(CNC(=O)c2ccc(N3C[C@@H](Oc4ccc(C(F)(F)F)cc4)C[C@H]3COC(F)F)cc2)CC1. The molecule has 0 unspecified atom stereocenters. The second-order valence-corrected chi connectivity index (χ2v) is 12.1. The fourth-order valence-corrected chi connectivity index (χ4v) is 5.32. The first-order chi connectivity index (χ1) is 20.7. The molecule has 2 aromatic rings. The second-order valence-electron chi connectivity index (χ2n) is 12.1. The topological polar surface area (TPSA) is 80.3 Å². The fraction of sp³-hybridized carbons (Fsp3) is 0.548. The van der Waals surface area contributed by atoms with Crippen molar-refractivity contribution >= 4 is 17.7 Å². The van der Waals surface area contributed by atoms with Crippen molar-refractivity contribution in [2.24, 2.45) is 5.92 Å². The zero-order valence-electron chi connectivity index (χ0n) is 24.9. The van der Waals surface area contributed by atoms with Gasteiger partial charge in [0.25, 0.3) is 5.91 Å². The van der Waals surface area contributed by atoms with E-state index < -0.39 is 36.1 Å². The van der Waals surface area contributed by atoms with Gasteiger partial charge < -0.3 is 29.3 Å². The lowest BCUT2D eigenvalue weighted by molar-refractivity contribution is -0.137. The minimum atomic E-state index is -4.47. The van der Waals surface area contributed by atoms with Crippen molar-refractivity contribution in [3.05, 3.63) is 59.7 Å². The summed E-state index contributed by atoms with van der Waals surface area (Å²) in [5, 5.41) is 2.95. The number of nitrogens with one attached hydrogen (secondary N) is 1. The number of hydrogen-bond acceptors (Lipinski definition) is 6. The van der Waals surface area contributed by atoms with Crippen LogP contribution in [0.3, 0.4) is 0 Å². The molecular formula is C31H38F5N3O5. The predicted octanol–water partition coefficient (Wildman–Crippen LogP) is 6.35. The van der Waals surface area contributed by atoms with Gasteiger partial charge in [-0.15, -0.1) is 0 Å². The summed E-state index contributed by atoms with van der Waals surface area (Å²) in [4.78, 5) is 28.6. The minimum Gasteiger partial charge on any atom is -0.489 e. The normalized spacial score (nSPS) is 19.8. The van der Waals surface area contributed by atoms with E-state index in [2.05, 4.69) is 10.1 Å². The van der Waals surface area contributed by atoms with Crippen molar-refractivity contribution in [1.29, 1.82) is 0 Å². The van der Waals surface area contributed by atoms with Crippen molar-refractivity contribution < 1.29 is 45.8 Å². The van der Waals surface area contributed by atoms with Crippen LogP contribution in [0.15, 0.2) is 48.5 Å². The van der Waals surface area contributed by atoms with Gasteiger partial charge in [0.1, 0.15) is 17.5 Å². The largest absolute Gasteiger partial charge is 0.489 e. The second kappa shape index (κ2) is 14.0. The van der Waals surface area contributed by atoms with E-state index in [4.69, 9.17) is 9.47 Å². The number of amides is 2. The van der Waals surface area contributed by atoms with Gasteiger partial charge in [-0.2, -0.15) is 22.0 Å². The lowest BCUT2D eigenvalue weighted by Gasteiger charge is -2.33. The number of anilines is 1. The molecule has 1 N–H and O–H groups in total. The molecule has 2 fully saturated rings. The zero-order valence-corrected chi connectivity index (χ0v) is 24.9. The quantitative estimate of drug-likeness (QED) is 0.327. The summed E-state index contributed by atoms with van der Waals surface area (Å²) in [6.45, 7) is 4.09. The number of nitrogens with zero attached hydrogens (tertiary/aromatic N) is 2. The minimum absolute atomic E-state index is 0.221. The number of hydrogen-bond donors (Lipinski definition) is 1. The number of rotatable bonds is 9.